The van der Waals surface area contributed by atoms with E-state index in [9.17, 15) is 14.7 Å². The number of hydrogen-bond donors (Lipinski definition) is 2. The maximum atomic E-state index is 11.2. The van der Waals surface area contributed by atoms with Gasteiger partial charge >= 0.3 is 0 Å². The third kappa shape index (κ3) is 1.16. The molecule has 0 aromatic heterocycles. The fraction of sp³-hybridized carbons (Fsp3) is 0.111. The Hall–Kier alpha value is -1.84. The van der Waals surface area contributed by atoms with E-state index in [1.165, 1.54) is 6.07 Å². The summed E-state index contributed by atoms with van der Waals surface area (Å²) < 4.78 is 0. The van der Waals surface area contributed by atoms with Crippen LogP contribution in [-0.2, 0) is 11.2 Å². The van der Waals surface area contributed by atoms with E-state index in [0.29, 0.717) is 5.56 Å². The maximum Gasteiger partial charge on any atom is 0.261 e. The molecule has 1 heterocycles. The average Bonchev–Trinajstić information content (AvgIpc) is 2.02. The highest BCUT2D eigenvalue weighted by Crippen LogP contribution is 2.23. The highest BCUT2D eigenvalue weighted by Gasteiger charge is 2.24. The zero-order chi connectivity index (χ0) is 9.42. The van der Waals surface area contributed by atoms with Gasteiger partial charge in [0.05, 0.1) is 12.0 Å². The average molecular weight is 177 g/mol. The number of hydrogen-bond acceptors (Lipinski definition) is 3. The Bertz CT molecular complexity index is 398. The van der Waals surface area contributed by atoms with Gasteiger partial charge in [0, 0.05) is 0 Å². The van der Waals surface area contributed by atoms with Crippen LogP contribution in [0.2, 0.25) is 0 Å². The molecule has 2 amide bonds. The smallest absolute Gasteiger partial charge is 0.261 e. The molecule has 0 saturated carbocycles. The van der Waals surface area contributed by atoms with Gasteiger partial charge in [-0.05, 0) is 11.6 Å². The summed E-state index contributed by atoms with van der Waals surface area (Å²) in [5, 5.41) is 11.5. The molecule has 1 aliphatic rings. The van der Waals surface area contributed by atoms with Crippen LogP contribution in [0.5, 0.6) is 5.75 Å². The molecule has 4 nitrogen and oxygen atoms in total. The minimum absolute atomic E-state index is 0.0810. The summed E-state index contributed by atoms with van der Waals surface area (Å²) >= 11 is 0. The van der Waals surface area contributed by atoms with Crippen molar-refractivity contribution in [3.05, 3.63) is 29.3 Å². The number of nitrogens with one attached hydrogen (secondary N) is 1. The minimum Gasteiger partial charge on any atom is -0.507 e. The number of carbonyl (C=O) groups is 2. The van der Waals surface area contributed by atoms with Crippen molar-refractivity contribution in [2.24, 2.45) is 0 Å². The van der Waals surface area contributed by atoms with E-state index in [0.717, 1.165) is 0 Å². The van der Waals surface area contributed by atoms with E-state index in [2.05, 4.69) is 5.32 Å². The number of imide groups is 1. The predicted octanol–water partition coefficient (Wildman–Crippen LogP) is 0.205. The first-order valence-electron chi connectivity index (χ1n) is 3.83. The lowest BCUT2D eigenvalue weighted by Crippen LogP contribution is -2.37. The van der Waals surface area contributed by atoms with Gasteiger partial charge in [0.25, 0.3) is 5.91 Å². The SMILES string of the molecule is O=C1Cc2cccc(O)c2C(=O)N1. The molecule has 1 aromatic rings. The Morgan fingerprint density at radius 1 is 1.31 bits per heavy atom. The van der Waals surface area contributed by atoms with Gasteiger partial charge in [-0.2, -0.15) is 0 Å². The van der Waals surface area contributed by atoms with Crippen LogP contribution in [-0.4, -0.2) is 16.9 Å². The molecule has 0 unspecified atom stereocenters. The second-order valence-electron chi connectivity index (χ2n) is 2.87. The molecule has 0 spiro atoms. The monoisotopic (exact) mass is 177 g/mol. The van der Waals surface area contributed by atoms with Crippen LogP contribution in [0.4, 0.5) is 0 Å². The molecule has 1 aliphatic heterocycles. The standard InChI is InChI=1S/C9H7NO3/c11-6-3-1-2-5-4-7(12)10-9(13)8(5)6/h1-3,11H,4H2,(H,10,12,13). The van der Waals surface area contributed by atoms with Crippen molar-refractivity contribution >= 4 is 11.8 Å². The Morgan fingerprint density at radius 3 is 2.85 bits per heavy atom. The second-order valence-corrected chi connectivity index (χ2v) is 2.87. The normalized spacial score (nSPS) is 15.1. The van der Waals surface area contributed by atoms with E-state index < -0.39 is 5.91 Å². The summed E-state index contributed by atoms with van der Waals surface area (Å²) in [6, 6.07) is 4.69. The van der Waals surface area contributed by atoms with Crippen LogP contribution < -0.4 is 5.32 Å². The Morgan fingerprint density at radius 2 is 2.08 bits per heavy atom. The van der Waals surface area contributed by atoms with Crippen molar-refractivity contribution in [3.63, 3.8) is 0 Å². The van der Waals surface area contributed by atoms with Crippen LogP contribution in [0.3, 0.4) is 0 Å². The van der Waals surface area contributed by atoms with Crippen molar-refractivity contribution in [2.45, 2.75) is 6.42 Å². The van der Waals surface area contributed by atoms with E-state index >= 15 is 0 Å². The first-order chi connectivity index (χ1) is 6.18. The molecule has 2 rings (SSSR count). The van der Waals surface area contributed by atoms with Gasteiger partial charge in [0.2, 0.25) is 5.91 Å². The van der Waals surface area contributed by atoms with Gasteiger partial charge in [0.15, 0.2) is 0 Å². The molecule has 0 atom stereocenters. The maximum absolute atomic E-state index is 11.2. The quantitative estimate of drug-likeness (QED) is 0.556. The molecule has 66 valence electrons. The number of carbonyl (C=O) groups excluding carboxylic acids is 2. The lowest BCUT2D eigenvalue weighted by atomic mass is 9.99. The zero-order valence-corrected chi connectivity index (χ0v) is 6.70. The van der Waals surface area contributed by atoms with Gasteiger partial charge in [-0.3, -0.25) is 14.9 Å². The number of rotatable bonds is 0. The molecule has 13 heavy (non-hydrogen) atoms. The van der Waals surface area contributed by atoms with Gasteiger partial charge in [-0.1, -0.05) is 12.1 Å². The first kappa shape index (κ1) is 7.79. The van der Waals surface area contributed by atoms with Gasteiger partial charge in [-0.25, -0.2) is 0 Å². The third-order valence-corrected chi connectivity index (χ3v) is 1.96. The van der Waals surface area contributed by atoms with Gasteiger partial charge in [-0.15, -0.1) is 0 Å². The first-order valence-corrected chi connectivity index (χ1v) is 3.83. The molecular weight excluding hydrogens is 170 g/mol. The molecule has 0 saturated heterocycles. The van der Waals surface area contributed by atoms with Crippen molar-refractivity contribution in [2.75, 3.05) is 0 Å². The Kier molecular flexibility index (Phi) is 1.55. The molecule has 0 aliphatic carbocycles. The highest BCUT2D eigenvalue weighted by atomic mass is 16.3. The number of amides is 2. The number of phenolic OH excluding ortho intramolecular Hbond substituents is 1. The molecule has 0 bridgehead atoms. The highest BCUT2D eigenvalue weighted by molar-refractivity contribution is 6.11. The zero-order valence-electron chi connectivity index (χ0n) is 6.70. The van der Waals surface area contributed by atoms with Crippen molar-refractivity contribution in [1.82, 2.24) is 5.32 Å². The van der Waals surface area contributed by atoms with Crippen molar-refractivity contribution in [1.29, 1.82) is 0 Å². The van der Waals surface area contributed by atoms with Crippen molar-refractivity contribution in [3.8, 4) is 5.75 Å². The topological polar surface area (TPSA) is 66.4 Å². The minimum atomic E-state index is -0.524. The molecular formula is C9H7NO3. The Balaban J connectivity index is 2.61. The van der Waals surface area contributed by atoms with Gasteiger partial charge in [0.1, 0.15) is 5.75 Å². The molecule has 1 aromatic carbocycles. The molecule has 4 heteroatoms. The van der Waals surface area contributed by atoms with Crippen molar-refractivity contribution < 1.29 is 14.7 Å². The van der Waals surface area contributed by atoms with Crippen LogP contribution in [0.15, 0.2) is 18.2 Å². The molecule has 0 radical (unpaired) electrons. The van der Waals surface area contributed by atoms with Gasteiger partial charge < -0.3 is 5.11 Å². The lowest BCUT2D eigenvalue weighted by Gasteiger charge is -2.15. The molecule has 0 fully saturated rings. The predicted molar refractivity (Wildman–Crippen MR) is 44.3 cm³/mol. The summed E-state index contributed by atoms with van der Waals surface area (Å²) in [6.07, 6.45) is 0.148. The summed E-state index contributed by atoms with van der Waals surface area (Å²) in [5.74, 6) is -0.935. The summed E-state index contributed by atoms with van der Waals surface area (Å²) in [5.41, 5.74) is 0.788. The van der Waals surface area contributed by atoms with Crippen LogP contribution >= 0.6 is 0 Å². The number of phenols is 1. The largest absolute Gasteiger partial charge is 0.507 e. The Labute approximate surface area is 74.2 Å². The number of benzene rings is 1. The number of fused-ring (bicyclic) bond motifs is 1. The number of aromatic hydroxyl groups is 1. The summed E-state index contributed by atoms with van der Waals surface area (Å²) in [6.45, 7) is 0. The van der Waals surface area contributed by atoms with Crippen LogP contribution in [0.25, 0.3) is 0 Å². The van der Waals surface area contributed by atoms with Crippen LogP contribution in [0.1, 0.15) is 15.9 Å². The lowest BCUT2D eigenvalue weighted by molar-refractivity contribution is -0.119. The van der Waals surface area contributed by atoms with E-state index in [4.69, 9.17) is 0 Å². The van der Waals surface area contributed by atoms with E-state index in [-0.39, 0.29) is 23.6 Å². The fourth-order valence-electron chi connectivity index (χ4n) is 1.40. The molecule has 2 N–H and O–H groups in total. The van der Waals surface area contributed by atoms with E-state index in [1.54, 1.807) is 12.1 Å². The second kappa shape index (κ2) is 2.58. The summed E-state index contributed by atoms with van der Waals surface area (Å²) in [4.78, 5) is 22.2. The van der Waals surface area contributed by atoms with Crippen LogP contribution in [0, 0.1) is 0 Å². The fourth-order valence-corrected chi connectivity index (χ4v) is 1.40. The van der Waals surface area contributed by atoms with E-state index in [1.807, 2.05) is 0 Å². The third-order valence-electron chi connectivity index (χ3n) is 1.96. The summed E-state index contributed by atoms with van der Waals surface area (Å²) in [7, 11) is 0.